The van der Waals surface area contributed by atoms with Crippen LogP contribution in [0.3, 0.4) is 0 Å². The number of H-pyrrole nitrogens is 1. The highest BCUT2D eigenvalue weighted by atomic mass is 16.2. The third-order valence-electron chi connectivity index (χ3n) is 5.92. The van der Waals surface area contributed by atoms with Crippen LogP contribution in [0.4, 0.5) is 0 Å². The van der Waals surface area contributed by atoms with Gasteiger partial charge in [0.25, 0.3) is 0 Å². The lowest BCUT2D eigenvalue weighted by atomic mass is 9.81. The monoisotopic (exact) mass is 382 g/mol. The number of carbonyl (C=O) groups excluding carboxylic acids is 3. The highest BCUT2D eigenvalue weighted by Crippen LogP contribution is 2.37. The van der Waals surface area contributed by atoms with Gasteiger partial charge in [0.05, 0.1) is 28.9 Å². The third-order valence-corrected chi connectivity index (χ3v) is 5.92. The minimum Gasteiger partial charge on any atom is -0.344 e. The summed E-state index contributed by atoms with van der Waals surface area (Å²) in [5, 5.41) is 2.96. The maximum absolute atomic E-state index is 12.7. The Labute approximate surface area is 163 Å². The molecule has 28 heavy (non-hydrogen) atoms. The van der Waals surface area contributed by atoms with E-state index >= 15 is 0 Å². The lowest BCUT2D eigenvalue weighted by Crippen LogP contribution is -2.43. The summed E-state index contributed by atoms with van der Waals surface area (Å²) in [5.41, 5.74) is 1.75. The number of para-hydroxylation sites is 2. The molecule has 0 bridgehead atoms. The minimum absolute atomic E-state index is 0.0945. The van der Waals surface area contributed by atoms with Crippen LogP contribution in [-0.2, 0) is 14.4 Å². The maximum Gasteiger partial charge on any atom is 0.240 e. The van der Waals surface area contributed by atoms with Crippen LogP contribution in [0.25, 0.3) is 11.0 Å². The zero-order valence-corrected chi connectivity index (χ0v) is 16.3. The number of nitrogens with one attached hydrogen (secondary N) is 2. The highest BCUT2D eigenvalue weighted by Gasteiger charge is 2.48. The molecule has 2 aromatic rings. The summed E-state index contributed by atoms with van der Waals surface area (Å²) >= 11 is 0. The molecule has 2 aliphatic rings. The van der Waals surface area contributed by atoms with E-state index in [2.05, 4.69) is 15.3 Å². The Morgan fingerprint density at radius 1 is 1.18 bits per heavy atom. The maximum atomic E-state index is 12.7. The molecule has 1 saturated carbocycles. The largest absolute Gasteiger partial charge is 0.344 e. The number of hydrogen-bond acceptors (Lipinski definition) is 4. The second kappa shape index (κ2) is 7.37. The number of imide groups is 1. The van der Waals surface area contributed by atoms with Crippen LogP contribution in [0.2, 0.25) is 0 Å². The van der Waals surface area contributed by atoms with E-state index in [-0.39, 0.29) is 48.1 Å². The van der Waals surface area contributed by atoms with E-state index in [0.717, 1.165) is 41.6 Å². The molecule has 148 valence electrons. The van der Waals surface area contributed by atoms with Crippen LogP contribution in [0.5, 0.6) is 0 Å². The summed E-state index contributed by atoms with van der Waals surface area (Å²) in [5.74, 6) is -0.395. The normalized spacial score (nSPS) is 23.3. The molecule has 1 aliphatic heterocycles. The van der Waals surface area contributed by atoms with Crippen LogP contribution < -0.4 is 5.32 Å². The summed E-state index contributed by atoms with van der Waals surface area (Å²) in [6, 6.07) is 7.37. The number of fused-ring (bicyclic) bond motifs is 2. The summed E-state index contributed by atoms with van der Waals surface area (Å²) in [6.07, 6.45) is 3.45. The number of aromatic amines is 1. The molecule has 1 aromatic heterocycles. The van der Waals surface area contributed by atoms with Gasteiger partial charge in [-0.1, -0.05) is 38.8 Å². The molecule has 2 N–H and O–H groups in total. The van der Waals surface area contributed by atoms with Gasteiger partial charge in [-0.3, -0.25) is 19.3 Å². The molecule has 7 nitrogen and oxygen atoms in total. The molecule has 4 rings (SSSR count). The van der Waals surface area contributed by atoms with Crippen molar-refractivity contribution in [3.63, 3.8) is 0 Å². The number of hydrogen-bond donors (Lipinski definition) is 2. The Bertz CT molecular complexity index is 862. The van der Waals surface area contributed by atoms with Gasteiger partial charge in [0.15, 0.2) is 0 Å². The number of likely N-dealkylation sites (tertiary alicyclic amines) is 1. The van der Waals surface area contributed by atoms with Crippen molar-refractivity contribution in [2.75, 3.05) is 6.54 Å². The fourth-order valence-electron chi connectivity index (χ4n) is 4.42. The van der Waals surface area contributed by atoms with Gasteiger partial charge in [-0.2, -0.15) is 0 Å². The van der Waals surface area contributed by atoms with Gasteiger partial charge in [-0.25, -0.2) is 4.98 Å². The first-order valence-electron chi connectivity index (χ1n) is 10.0. The molecule has 3 unspecified atom stereocenters. The summed E-state index contributed by atoms with van der Waals surface area (Å²) in [4.78, 5) is 46.9. The second-order valence-corrected chi connectivity index (χ2v) is 8.19. The first-order chi connectivity index (χ1) is 13.5. The molecule has 7 heteroatoms. The molecule has 1 aromatic carbocycles. The minimum atomic E-state index is -0.334. The van der Waals surface area contributed by atoms with Crippen molar-refractivity contribution in [2.24, 2.45) is 17.8 Å². The zero-order valence-electron chi connectivity index (χ0n) is 16.3. The van der Waals surface area contributed by atoms with E-state index in [4.69, 9.17) is 0 Å². The lowest BCUT2D eigenvalue weighted by Gasteiger charge is -2.22. The molecule has 2 fully saturated rings. The van der Waals surface area contributed by atoms with E-state index in [1.165, 1.54) is 0 Å². The lowest BCUT2D eigenvalue weighted by molar-refractivity contribution is -0.143. The molecule has 2 heterocycles. The fraction of sp³-hybridized carbons (Fsp3) is 0.524. The molecular weight excluding hydrogens is 356 g/mol. The first kappa shape index (κ1) is 18.7. The van der Waals surface area contributed by atoms with Crippen molar-refractivity contribution in [3.8, 4) is 0 Å². The van der Waals surface area contributed by atoms with E-state index in [1.807, 2.05) is 38.1 Å². The average molecular weight is 382 g/mol. The van der Waals surface area contributed by atoms with Gasteiger partial charge in [0.2, 0.25) is 17.7 Å². The number of benzene rings is 1. The van der Waals surface area contributed by atoms with Crippen molar-refractivity contribution in [1.82, 2.24) is 20.2 Å². The number of amides is 3. The Morgan fingerprint density at radius 3 is 2.43 bits per heavy atom. The Hall–Kier alpha value is -2.70. The Morgan fingerprint density at radius 2 is 1.82 bits per heavy atom. The molecule has 3 amide bonds. The van der Waals surface area contributed by atoms with E-state index in [1.54, 1.807) is 0 Å². The van der Waals surface area contributed by atoms with Gasteiger partial charge in [-0.05, 0) is 30.9 Å². The quantitative estimate of drug-likeness (QED) is 0.777. The highest BCUT2D eigenvalue weighted by molar-refractivity contribution is 6.07. The topological polar surface area (TPSA) is 95.2 Å². The SMILES string of the molecule is CC(C)C(NC(=O)CN1C(=O)C2CCCCC2C1=O)c1nc2ccccc2[nH]1. The van der Waals surface area contributed by atoms with E-state index < -0.39 is 0 Å². The predicted molar refractivity (Wildman–Crippen MR) is 104 cm³/mol. The van der Waals surface area contributed by atoms with Crippen molar-refractivity contribution >= 4 is 28.8 Å². The van der Waals surface area contributed by atoms with E-state index in [9.17, 15) is 14.4 Å². The van der Waals surface area contributed by atoms with Gasteiger partial charge in [0.1, 0.15) is 12.4 Å². The average Bonchev–Trinajstić information content (AvgIpc) is 3.21. The van der Waals surface area contributed by atoms with Crippen molar-refractivity contribution in [1.29, 1.82) is 0 Å². The zero-order chi connectivity index (χ0) is 19.8. The Balaban J connectivity index is 1.48. The third kappa shape index (κ3) is 3.30. The van der Waals surface area contributed by atoms with Crippen LogP contribution in [0.15, 0.2) is 24.3 Å². The molecule has 1 aliphatic carbocycles. The summed E-state index contributed by atoms with van der Waals surface area (Å²) < 4.78 is 0. The van der Waals surface area contributed by atoms with Crippen molar-refractivity contribution < 1.29 is 14.4 Å². The van der Waals surface area contributed by atoms with Crippen molar-refractivity contribution in [2.45, 2.75) is 45.6 Å². The Kier molecular flexibility index (Phi) is 4.91. The van der Waals surface area contributed by atoms with Gasteiger partial charge in [0, 0.05) is 0 Å². The first-order valence-corrected chi connectivity index (χ1v) is 10.0. The van der Waals surface area contributed by atoms with Gasteiger partial charge in [-0.15, -0.1) is 0 Å². The smallest absolute Gasteiger partial charge is 0.240 e. The number of aromatic nitrogens is 2. The van der Waals surface area contributed by atoms with Crippen LogP contribution >= 0.6 is 0 Å². The summed E-state index contributed by atoms with van der Waals surface area (Å²) in [7, 11) is 0. The standard InChI is InChI=1S/C21H26N4O3/c1-12(2)18(19-22-15-9-5-6-10-16(15)23-19)24-17(26)11-25-20(27)13-7-3-4-8-14(13)21(25)28/h5-6,9-10,12-14,18H,3-4,7-8,11H2,1-2H3,(H,22,23)(H,24,26). The molecule has 0 radical (unpaired) electrons. The number of imidazole rings is 1. The molecule has 0 spiro atoms. The van der Waals surface area contributed by atoms with Gasteiger partial charge >= 0.3 is 0 Å². The number of carbonyl (C=O) groups is 3. The fourth-order valence-corrected chi connectivity index (χ4v) is 4.42. The predicted octanol–water partition coefficient (Wildman–Crippen LogP) is 2.55. The molecule has 3 atom stereocenters. The second-order valence-electron chi connectivity index (χ2n) is 8.19. The van der Waals surface area contributed by atoms with Crippen molar-refractivity contribution in [3.05, 3.63) is 30.1 Å². The van der Waals surface area contributed by atoms with Crippen LogP contribution in [0, 0.1) is 17.8 Å². The van der Waals surface area contributed by atoms with Gasteiger partial charge < -0.3 is 10.3 Å². The van der Waals surface area contributed by atoms with Crippen LogP contribution in [-0.4, -0.2) is 39.1 Å². The summed E-state index contributed by atoms with van der Waals surface area (Å²) in [6.45, 7) is 3.78. The molecular formula is C21H26N4O3. The number of rotatable bonds is 5. The molecule has 1 saturated heterocycles. The van der Waals surface area contributed by atoms with Crippen LogP contribution in [0.1, 0.15) is 51.4 Å². The number of nitrogens with zero attached hydrogens (tertiary/aromatic N) is 2. The van der Waals surface area contributed by atoms with E-state index in [0.29, 0.717) is 5.82 Å².